The van der Waals surface area contributed by atoms with Crippen LogP contribution in [0.3, 0.4) is 0 Å². The zero-order valence-corrected chi connectivity index (χ0v) is 9.94. The van der Waals surface area contributed by atoms with Gasteiger partial charge in [0.05, 0.1) is 12.8 Å². The molecule has 2 aromatic rings. The van der Waals surface area contributed by atoms with Crippen LogP contribution in [0.5, 0.6) is 5.88 Å². The molecule has 1 aliphatic rings. The molecule has 0 spiro atoms. The van der Waals surface area contributed by atoms with Crippen molar-refractivity contribution < 1.29 is 4.74 Å². The second-order valence-electron chi connectivity index (χ2n) is 4.50. The van der Waals surface area contributed by atoms with Gasteiger partial charge in [0.25, 0.3) is 0 Å². The molecule has 1 aliphatic carbocycles. The van der Waals surface area contributed by atoms with Crippen LogP contribution in [-0.4, -0.2) is 18.1 Å². The molecule has 3 rings (SSSR count). The summed E-state index contributed by atoms with van der Waals surface area (Å²) < 4.78 is 5.35. The zero-order chi connectivity index (χ0) is 11.7. The van der Waals surface area contributed by atoms with Crippen LogP contribution in [0.15, 0.2) is 30.3 Å². The number of fused-ring (bicyclic) bond motifs is 1. The largest absolute Gasteiger partial charge is 0.481 e. The van der Waals surface area contributed by atoms with Gasteiger partial charge in [-0.2, -0.15) is 0 Å². The molecule has 0 unspecified atom stereocenters. The lowest BCUT2D eigenvalue weighted by Gasteiger charge is -2.08. The zero-order valence-electron chi connectivity index (χ0n) is 9.94. The highest BCUT2D eigenvalue weighted by molar-refractivity contribution is 5.87. The van der Waals surface area contributed by atoms with Crippen LogP contribution in [0.1, 0.15) is 18.5 Å². The summed E-state index contributed by atoms with van der Waals surface area (Å²) in [7, 11) is 1.67. The SMILES string of the molecule is COc1nc(CNC2CC2)cc2ccccc12. The first kappa shape index (κ1) is 10.5. The summed E-state index contributed by atoms with van der Waals surface area (Å²) in [4.78, 5) is 4.53. The molecule has 0 bridgehead atoms. The second-order valence-corrected chi connectivity index (χ2v) is 4.50. The number of nitrogens with one attached hydrogen (secondary N) is 1. The lowest BCUT2D eigenvalue weighted by atomic mass is 10.1. The van der Waals surface area contributed by atoms with Gasteiger partial charge in [-0.05, 0) is 30.4 Å². The summed E-state index contributed by atoms with van der Waals surface area (Å²) in [5.74, 6) is 0.718. The molecule has 0 saturated heterocycles. The van der Waals surface area contributed by atoms with Gasteiger partial charge < -0.3 is 10.1 Å². The van der Waals surface area contributed by atoms with Crippen LogP contribution in [-0.2, 0) is 6.54 Å². The van der Waals surface area contributed by atoms with Crippen LogP contribution >= 0.6 is 0 Å². The van der Waals surface area contributed by atoms with E-state index in [4.69, 9.17) is 4.74 Å². The summed E-state index contributed by atoms with van der Waals surface area (Å²) in [5.41, 5.74) is 1.05. The fourth-order valence-corrected chi connectivity index (χ4v) is 2.00. The summed E-state index contributed by atoms with van der Waals surface area (Å²) in [5, 5.41) is 5.73. The number of ether oxygens (including phenoxy) is 1. The summed E-state index contributed by atoms with van der Waals surface area (Å²) in [6, 6.07) is 11.0. The van der Waals surface area contributed by atoms with Crippen LogP contribution in [0, 0.1) is 0 Å². The number of methoxy groups -OCH3 is 1. The summed E-state index contributed by atoms with van der Waals surface area (Å²) in [6.45, 7) is 0.825. The van der Waals surface area contributed by atoms with Gasteiger partial charge in [-0.3, -0.25) is 0 Å². The molecular formula is C14H16N2O. The summed E-state index contributed by atoms with van der Waals surface area (Å²) in [6.07, 6.45) is 2.59. The maximum atomic E-state index is 5.35. The van der Waals surface area contributed by atoms with Crippen molar-refractivity contribution in [3.05, 3.63) is 36.0 Å². The van der Waals surface area contributed by atoms with Gasteiger partial charge in [-0.15, -0.1) is 0 Å². The van der Waals surface area contributed by atoms with Gasteiger partial charge in [0.2, 0.25) is 5.88 Å². The van der Waals surface area contributed by atoms with E-state index in [2.05, 4.69) is 22.4 Å². The van der Waals surface area contributed by atoms with E-state index in [0.717, 1.165) is 23.5 Å². The molecule has 17 heavy (non-hydrogen) atoms. The van der Waals surface area contributed by atoms with Gasteiger partial charge in [-0.25, -0.2) is 4.98 Å². The quantitative estimate of drug-likeness (QED) is 0.873. The van der Waals surface area contributed by atoms with Crippen LogP contribution in [0.25, 0.3) is 10.8 Å². The van der Waals surface area contributed by atoms with Crippen molar-refractivity contribution in [2.24, 2.45) is 0 Å². The minimum absolute atomic E-state index is 0.703. The Morgan fingerprint density at radius 3 is 2.94 bits per heavy atom. The van der Waals surface area contributed by atoms with Crippen LogP contribution in [0.4, 0.5) is 0 Å². The van der Waals surface area contributed by atoms with E-state index in [1.54, 1.807) is 7.11 Å². The summed E-state index contributed by atoms with van der Waals surface area (Å²) >= 11 is 0. The molecule has 0 aliphatic heterocycles. The van der Waals surface area contributed by atoms with E-state index in [9.17, 15) is 0 Å². The average molecular weight is 228 g/mol. The second kappa shape index (κ2) is 4.34. The topological polar surface area (TPSA) is 34.1 Å². The van der Waals surface area contributed by atoms with E-state index in [-0.39, 0.29) is 0 Å². The highest BCUT2D eigenvalue weighted by Gasteiger charge is 2.20. The van der Waals surface area contributed by atoms with Gasteiger partial charge in [-0.1, -0.05) is 18.2 Å². The Morgan fingerprint density at radius 1 is 1.35 bits per heavy atom. The number of aromatic nitrogens is 1. The molecule has 1 N–H and O–H groups in total. The van der Waals surface area contributed by atoms with Gasteiger partial charge >= 0.3 is 0 Å². The third-order valence-electron chi connectivity index (χ3n) is 3.10. The fraction of sp³-hybridized carbons (Fsp3) is 0.357. The standard InChI is InChI=1S/C14H16N2O/c1-17-14-13-5-3-2-4-10(13)8-12(16-14)9-15-11-6-7-11/h2-5,8,11,15H,6-7,9H2,1H3. The average Bonchev–Trinajstić information content (AvgIpc) is 3.19. The molecular weight excluding hydrogens is 212 g/mol. The molecule has 0 amide bonds. The molecule has 3 heteroatoms. The number of hydrogen-bond acceptors (Lipinski definition) is 3. The molecule has 0 atom stereocenters. The fourth-order valence-electron chi connectivity index (χ4n) is 2.00. The van der Waals surface area contributed by atoms with Crippen molar-refractivity contribution >= 4 is 10.8 Å². The normalized spacial score (nSPS) is 15.1. The predicted octanol–water partition coefficient (Wildman–Crippen LogP) is 2.50. The van der Waals surface area contributed by atoms with Crippen molar-refractivity contribution in [1.29, 1.82) is 0 Å². The Kier molecular flexibility index (Phi) is 2.69. The smallest absolute Gasteiger partial charge is 0.221 e. The predicted molar refractivity (Wildman–Crippen MR) is 68.2 cm³/mol. The first-order chi connectivity index (χ1) is 8.36. The lowest BCUT2D eigenvalue weighted by Crippen LogP contribution is -2.16. The maximum absolute atomic E-state index is 5.35. The Labute approximate surface area is 101 Å². The number of rotatable bonds is 4. The molecule has 1 fully saturated rings. The molecule has 1 saturated carbocycles. The van der Waals surface area contributed by atoms with Crippen molar-refractivity contribution in [2.75, 3.05) is 7.11 Å². The van der Waals surface area contributed by atoms with E-state index >= 15 is 0 Å². The van der Waals surface area contributed by atoms with E-state index in [1.165, 1.54) is 18.2 Å². The maximum Gasteiger partial charge on any atom is 0.221 e. The number of nitrogens with zero attached hydrogens (tertiary/aromatic N) is 1. The van der Waals surface area contributed by atoms with Crippen molar-refractivity contribution in [3.8, 4) is 5.88 Å². The van der Waals surface area contributed by atoms with E-state index in [1.807, 2.05) is 18.2 Å². The highest BCUT2D eigenvalue weighted by Crippen LogP contribution is 2.25. The Hall–Kier alpha value is -1.61. The highest BCUT2D eigenvalue weighted by atomic mass is 16.5. The van der Waals surface area contributed by atoms with Gasteiger partial charge in [0, 0.05) is 18.0 Å². The first-order valence-corrected chi connectivity index (χ1v) is 6.03. The molecule has 1 aromatic carbocycles. The van der Waals surface area contributed by atoms with Crippen molar-refractivity contribution in [2.45, 2.75) is 25.4 Å². The number of pyridine rings is 1. The third kappa shape index (κ3) is 2.24. The molecule has 1 aromatic heterocycles. The van der Waals surface area contributed by atoms with Crippen LogP contribution < -0.4 is 10.1 Å². The number of benzene rings is 1. The lowest BCUT2D eigenvalue weighted by molar-refractivity contribution is 0.401. The molecule has 3 nitrogen and oxygen atoms in total. The van der Waals surface area contributed by atoms with Crippen LogP contribution in [0.2, 0.25) is 0 Å². The molecule has 0 radical (unpaired) electrons. The van der Waals surface area contributed by atoms with E-state index < -0.39 is 0 Å². The Morgan fingerprint density at radius 2 is 2.18 bits per heavy atom. The number of hydrogen-bond donors (Lipinski definition) is 1. The Bertz CT molecular complexity index is 535. The Balaban J connectivity index is 1.95. The van der Waals surface area contributed by atoms with Gasteiger partial charge in [0.1, 0.15) is 0 Å². The molecule has 1 heterocycles. The third-order valence-corrected chi connectivity index (χ3v) is 3.10. The van der Waals surface area contributed by atoms with Gasteiger partial charge in [0.15, 0.2) is 0 Å². The minimum Gasteiger partial charge on any atom is -0.481 e. The van der Waals surface area contributed by atoms with Crippen molar-refractivity contribution in [1.82, 2.24) is 10.3 Å². The van der Waals surface area contributed by atoms with E-state index in [0.29, 0.717) is 6.04 Å². The first-order valence-electron chi connectivity index (χ1n) is 6.03. The van der Waals surface area contributed by atoms with Crippen molar-refractivity contribution in [3.63, 3.8) is 0 Å². The minimum atomic E-state index is 0.703. The molecule has 88 valence electrons. The monoisotopic (exact) mass is 228 g/mol.